The molecular weight excluding hydrogens is 185 g/mol. The monoisotopic (exact) mass is 195 g/mol. The lowest BCUT2D eigenvalue weighted by Gasteiger charge is -2.08. The summed E-state index contributed by atoms with van der Waals surface area (Å²) < 4.78 is 0. The molecule has 0 heterocycles. The molecule has 5 N–H and O–H groups in total. The highest BCUT2D eigenvalue weighted by Gasteiger charge is 2.17. The lowest BCUT2D eigenvalue weighted by molar-refractivity contribution is -0.138. The van der Waals surface area contributed by atoms with Gasteiger partial charge in [0.15, 0.2) is 0 Å². The maximum absolute atomic E-state index is 10.5. The highest BCUT2D eigenvalue weighted by Crippen LogP contribution is 2.08. The Morgan fingerprint density at radius 1 is 1.43 bits per heavy atom. The number of hydrogen-bond acceptors (Lipinski definition) is 4. The minimum absolute atomic E-state index is 0.221. The van der Waals surface area contributed by atoms with Crippen LogP contribution in [0.4, 0.5) is 0 Å². The molecule has 1 atom stereocenters. The van der Waals surface area contributed by atoms with Crippen LogP contribution in [0.15, 0.2) is 24.3 Å². The molecule has 0 spiro atoms. The van der Waals surface area contributed by atoms with Crippen molar-refractivity contribution in [1.29, 1.82) is 0 Å². The molecule has 6 heteroatoms. The van der Waals surface area contributed by atoms with Crippen LogP contribution in [0.1, 0.15) is 11.6 Å². The van der Waals surface area contributed by atoms with E-state index < -0.39 is 19.1 Å². The van der Waals surface area contributed by atoms with Gasteiger partial charge in [-0.05, 0) is 11.0 Å². The third-order valence-corrected chi connectivity index (χ3v) is 1.83. The van der Waals surface area contributed by atoms with Gasteiger partial charge in [0.05, 0.1) is 0 Å². The molecule has 0 amide bonds. The molecule has 0 radical (unpaired) electrons. The minimum atomic E-state index is -1.61. The molecule has 0 saturated carbocycles. The van der Waals surface area contributed by atoms with Gasteiger partial charge in [0.25, 0.3) is 0 Å². The Labute approximate surface area is 80.9 Å². The number of carboxylic acids is 1. The summed E-state index contributed by atoms with van der Waals surface area (Å²) >= 11 is 0. The van der Waals surface area contributed by atoms with Crippen LogP contribution in [0, 0.1) is 0 Å². The number of rotatable bonds is 3. The minimum Gasteiger partial charge on any atom is -0.480 e. The fourth-order valence-corrected chi connectivity index (χ4v) is 1.06. The van der Waals surface area contributed by atoms with Gasteiger partial charge in [-0.2, -0.15) is 0 Å². The van der Waals surface area contributed by atoms with E-state index in [1.165, 1.54) is 24.3 Å². The maximum atomic E-state index is 10.5. The van der Waals surface area contributed by atoms with E-state index >= 15 is 0 Å². The first-order valence-corrected chi connectivity index (χ1v) is 3.96. The molecule has 1 rings (SSSR count). The molecule has 0 bridgehead atoms. The Kier molecular flexibility index (Phi) is 3.24. The Bertz CT molecular complexity index is 342. The standard InChI is InChI=1S/C8H10BNO4/c10-7(8(11)12)5-2-1-3-6(4-5)9(13)14/h1-4,7,13-14H,10H2,(H,11,12). The van der Waals surface area contributed by atoms with E-state index in [4.69, 9.17) is 20.9 Å². The second kappa shape index (κ2) is 4.23. The van der Waals surface area contributed by atoms with Crippen molar-refractivity contribution in [3.05, 3.63) is 29.8 Å². The van der Waals surface area contributed by atoms with Crippen molar-refractivity contribution >= 4 is 18.6 Å². The molecule has 0 aliphatic heterocycles. The topological polar surface area (TPSA) is 104 Å². The Morgan fingerprint density at radius 2 is 2.07 bits per heavy atom. The predicted octanol–water partition coefficient (Wildman–Crippen LogP) is -1.55. The number of hydrogen-bond donors (Lipinski definition) is 4. The van der Waals surface area contributed by atoms with E-state index in [9.17, 15) is 4.79 Å². The Balaban J connectivity index is 2.99. The smallest absolute Gasteiger partial charge is 0.480 e. The summed E-state index contributed by atoms with van der Waals surface area (Å²) in [5.74, 6) is -1.16. The summed E-state index contributed by atoms with van der Waals surface area (Å²) in [6.07, 6.45) is 0. The van der Waals surface area contributed by atoms with Gasteiger partial charge in [-0.15, -0.1) is 0 Å². The molecule has 5 nitrogen and oxygen atoms in total. The normalized spacial score (nSPS) is 12.2. The Hall–Kier alpha value is -1.37. The summed E-state index contributed by atoms with van der Waals surface area (Å²) in [5, 5.41) is 26.3. The first-order valence-electron chi connectivity index (χ1n) is 3.96. The van der Waals surface area contributed by atoms with E-state index in [1.807, 2.05) is 0 Å². The molecule has 0 aromatic heterocycles. The maximum Gasteiger partial charge on any atom is 0.488 e. The Morgan fingerprint density at radius 3 is 2.57 bits per heavy atom. The lowest BCUT2D eigenvalue weighted by atomic mass is 9.79. The van der Waals surface area contributed by atoms with Crippen LogP contribution in [0.2, 0.25) is 0 Å². The van der Waals surface area contributed by atoms with Crippen LogP contribution in [0.5, 0.6) is 0 Å². The third-order valence-electron chi connectivity index (χ3n) is 1.83. The SMILES string of the molecule is NC(C(=O)O)c1cccc(B(O)O)c1. The van der Waals surface area contributed by atoms with Crippen molar-refractivity contribution in [3.8, 4) is 0 Å². The highest BCUT2D eigenvalue weighted by atomic mass is 16.4. The first-order chi connectivity index (χ1) is 6.52. The van der Waals surface area contributed by atoms with Gasteiger partial charge in [0.2, 0.25) is 0 Å². The number of aliphatic carboxylic acids is 1. The third kappa shape index (κ3) is 2.32. The number of nitrogens with two attached hydrogens (primary N) is 1. The lowest BCUT2D eigenvalue weighted by Crippen LogP contribution is -2.31. The van der Waals surface area contributed by atoms with Crippen LogP contribution in [-0.4, -0.2) is 28.2 Å². The predicted molar refractivity (Wildman–Crippen MR) is 50.8 cm³/mol. The molecule has 1 unspecified atom stereocenters. The number of carbonyl (C=O) groups is 1. The first kappa shape index (κ1) is 10.7. The zero-order chi connectivity index (χ0) is 10.7. The highest BCUT2D eigenvalue weighted by molar-refractivity contribution is 6.58. The van der Waals surface area contributed by atoms with Gasteiger partial charge in [-0.3, -0.25) is 4.79 Å². The second-order valence-electron chi connectivity index (χ2n) is 2.86. The molecular formula is C8H10BNO4. The van der Waals surface area contributed by atoms with Crippen LogP contribution in [0.3, 0.4) is 0 Å². The van der Waals surface area contributed by atoms with Crippen molar-refractivity contribution in [2.75, 3.05) is 0 Å². The zero-order valence-corrected chi connectivity index (χ0v) is 7.29. The number of carboxylic acid groups (broad SMARTS) is 1. The fraction of sp³-hybridized carbons (Fsp3) is 0.125. The van der Waals surface area contributed by atoms with Gasteiger partial charge >= 0.3 is 13.1 Å². The van der Waals surface area contributed by atoms with Crippen LogP contribution >= 0.6 is 0 Å². The molecule has 1 aromatic rings. The van der Waals surface area contributed by atoms with Crippen molar-refractivity contribution in [1.82, 2.24) is 0 Å². The van der Waals surface area contributed by atoms with E-state index in [1.54, 1.807) is 0 Å². The van der Waals surface area contributed by atoms with Gasteiger partial charge in [0, 0.05) is 0 Å². The van der Waals surface area contributed by atoms with E-state index in [0.717, 1.165) is 0 Å². The van der Waals surface area contributed by atoms with Crippen LogP contribution in [0.25, 0.3) is 0 Å². The van der Waals surface area contributed by atoms with E-state index in [0.29, 0.717) is 5.56 Å². The van der Waals surface area contributed by atoms with Gasteiger partial charge in [-0.25, -0.2) is 0 Å². The summed E-state index contributed by atoms with van der Waals surface area (Å²) in [6, 6.07) is 4.72. The van der Waals surface area contributed by atoms with E-state index in [-0.39, 0.29) is 5.46 Å². The van der Waals surface area contributed by atoms with Crippen molar-refractivity contribution in [3.63, 3.8) is 0 Å². The summed E-state index contributed by atoms with van der Waals surface area (Å²) in [5.41, 5.74) is 5.90. The molecule has 0 saturated heterocycles. The molecule has 14 heavy (non-hydrogen) atoms. The van der Waals surface area contributed by atoms with Crippen molar-refractivity contribution in [2.24, 2.45) is 5.73 Å². The fourth-order valence-electron chi connectivity index (χ4n) is 1.06. The molecule has 0 aliphatic rings. The van der Waals surface area contributed by atoms with Crippen molar-refractivity contribution < 1.29 is 19.9 Å². The van der Waals surface area contributed by atoms with Gasteiger partial charge in [0.1, 0.15) is 6.04 Å². The second-order valence-corrected chi connectivity index (χ2v) is 2.86. The summed E-state index contributed by atoms with van der Waals surface area (Å²) in [7, 11) is -1.61. The molecule has 1 aromatic carbocycles. The van der Waals surface area contributed by atoms with Crippen molar-refractivity contribution in [2.45, 2.75) is 6.04 Å². The van der Waals surface area contributed by atoms with Gasteiger partial charge in [-0.1, -0.05) is 24.3 Å². The van der Waals surface area contributed by atoms with E-state index in [2.05, 4.69) is 0 Å². The quantitative estimate of drug-likeness (QED) is 0.437. The summed E-state index contributed by atoms with van der Waals surface area (Å²) in [4.78, 5) is 10.5. The van der Waals surface area contributed by atoms with Gasteiger partial charge < -0.3 is 20.9 Å². The average Bonchev–Trinajstić information content (AvgIpc) is 2.16. The van der Waals surface area contributed by atoms with Crippen LogP contribution in [-0.2, 0) is 4.79 Å². The largest absolute Gasteiger partial charge is 0.488 e. The van der Waals surface area contributed by atoms with Crippen LogP contribution < -0.4 is 11.2 Å². The molecule has 0 fully saturated rings. The zero-order valence-electron chi connectivity index (χ0n) is 7.29. The summed E-state index contributed by atoms with van der Waals surface area (Å²) in [6.45, 7) is 0. The molecule has 0 aliphatic carbocycles. The average molecular weight is 195 g/mol. The number of benzene rings is 1. The molecule has 74 valence electrons.